The zero-order chi connectivity index (χ0) is 12.0. The molecule has 1 fully saturated rings. The van der Waals surface area contributed by atoms with E-state index < -0.39 is 0 Å². The van der Waals surface area contributed by atoms with Crippen LogP contribution >= 0.6 is 0 Å². The number of rotatable bonds is 1. The van der Waals surface area contributed by atoms with Gasteiger partial charge in [-0.2, -0.15) is 0 Å². The maximum atomic E-state index is 11.5. The minimum atomic E-state index is -0.113. The molecule has 3 nitrogen and oxygen atoms in total. The van der Waals surface area contributed by atoms with Gasteiger partial charge in [0.1, 0.15) is 5.76 Å². The van der Waals surface area contributed by atoms with E-state index in [1.807, 2.05) is 31.5 Å². The summed E-state index contributed by atoms with van der Waals surface area (Å²) >= 11 is 0. The van der Waals surface area contributed by atoms with Crippen LogP contribution in [0.15, 0.2) is 48.0 Å². The molecule has 88 valence electrons. The predicted molar refractivity (Wildman–Crippen MR) is 64.1 cm³/mol. The molecule has 0 radical (unpaired) electrons. The molecule has 1 aliphatic carbocycles. The molecule has 3 heteroatoms. The van der Waals surface area contributed by atoms with Crippen LogP contribution in [-0.2, 0) is 9.53 Å². The van der Waals surface area contributed by atoms with Crippen molar-refractivity contribution in [2.24, 2.45) is 11.8 Å². The molecular weight excluding hydrogens is 214 g/mol. The second kappa shape index (κ2) is 3.62. The highest BCUT2D eigenvalue weighted by molar-refractivity contribution is 5.77. The van der Waals surface area contributed by atoms with E-state index in [2.05, 4.69) is 23.6 Å². The number of allylic oxidation sites excluding steroid dienone is 3. The molecule has 17 heavy (non-hydrogen) atoms. The lowest BCUT2D eigenvalue weighted by molar-refractivity contribution is -0.138. The smallest absolute Gasteiger partial charge is 0.314 e. The van der Waals surface area contributed by atoms with Crippen LogP contribution in [0.25, 0.3) is 0 Å². The monoisotopic (exact) mass is 229 g/mol. The first-order chi connectivity index (χ1) is 8.16. The molecule has 0 amide bonds. The summed E-state index contributed by atoms with van der Waals surface area (Å²) < 4.78 is 7.44. The number of ether oxygens (including phenoxy) is 1. The van der Waals surface area contributed by atoms with Crippen LogP contribution in [0, 0.1) is 11.8 Å². The van der Waals surface area contributed by atoms with Crippen LogP contribution in [0.3, 0.4) is 0 Å². The standard InChI is InChI=1S/C14H15NO2/c1-9-7-11-10(2)14(16)17-13(11)8-12(9)15-5-3-4-6-15/h3-8,10-12H,1-2H3. The summed E-state index contributed by atoms with van der Waals surface area (Å²) in [6.07, 6.45) is 8.27. The Morgan fingerprint density at radius 3 is 2.65 bits per heavy atom. The van der Waals surface area contributed by atoms with Crippen molar-refractivity contribution in [1.82, 2.24) is 4.57 Å². The highest BCUT2D eigenvalue weighted by Crippen LogP contribution is 2.40. The van der Waals surface area contributed by atoms with Crippen LogP contribution in [0.1, 0.15) is 19.9 Å². The molecule has 0 N–H and O–H groups in total. The highest BCUT2D eigenvalue weighted by atomic mass is 16.5. The minimum Gasteiger partial charge on any atom is -0.430 e. The van der Waals surface area contributed by atoms with Crippen LogP contribution < -0.4 is 0 Å². The molecular formula is C14H15NO2. The van der Waals surface area contributed by atoms with Crippen molar-refractivity contribution >= 4 is 5.97 Å². The average molecular weight is 229 g/mol. The van der Waals surface area contributed by atoms with Crippen molar-refractivity contribution in [3.05, 3.63) is 48.0 Å². The van der Waals surface area contributed by atoms with Gasteiger partial charge < -0.3 is 9.30 Å². The van der Waals surface area contributed by atoms with Crippen molar-refractivity contribution < 1.29 is 9.53 Å². The van der Waals surface area contributed by atoms with Crippen molar-refractivity contribution in [2.45, 2.75) is 19.9 Å². The average Bonchev–Trinajstić information content (AvgIpc) is 2.90. The molecule has 2 heterocycles. The van der Waals surface area contributed by atoms with E-state index in [1.165, 1.54) is 5.57 Å². The zero-order valence-corrected chi connectivity index (χ0v) is 9.96. The van der Waals surface area contributed by atoms with Gasteiger partial charge in [-0.1, -0.05) is 13.0 Å². The van der Waals surface area contributed by atoms with Gasteiger partial charge in [0, 0.05) is 18.3 Å². The minimum absolute atomic E-state index is 0.0539. The third-order valence-electron chi connectivity index (χ3n) is 3.64. The number of fused-ring (bicyclic) bond motifs is 1. The fourth-order valence-corrected chi connectivity index (χ4v) is 2.57. The van der Waals surface area contributed by atoms with Gasteiger partial charge in [-0.05, 0) is 30.7 Å². The summed E-state index contributed by atoms with van der Waals surface area (Å²) in [6, 6.07) is 4.18. The van der Waals surface area contributed by atoms with Gasteiger partial charge >= 0.3 is 5.97 Å². The van der Waals surface area contributed by atoms with Crippen molar-refractivity contribution in [1.29, 1.82) is 0 Å². The topological polar surface area (TPSA) is 31.2 Å². The lowest BCUT2D eigenvalue weighted by Crippen LogP contribution is -2.16. The molecule has 1 aromatic rings. The third kappa shape index (κ3) is 1.54. The second-order valence-electron chi connectivity index (χ2n) is 4.79. The number of carbonyl (C=O) groups excluding carboxylic acids is 1. The number of nitrogens with zero attached hydrogens (tertiary/aromatic N) is 1. The van der Waals surface area contributed by atoms with Crippen LogP contribution in [0.2, 0.25) is 0 Å². The first-order valence-electron chi connectivity index (χ1n) is 5.91. The molecule has 0 bridgehead atoms. The Bertz CT molecular complexity index is 510. The highest BCUT2D eigenvalue weighted by Gasteiger charge is 2.39. The van der Waals surface area contributed by atoms with Crippen LogP contribution in [-0.4, -0.2) is 10.5 Å². The number of hydrogen-bond donors (Lipinski definition) is 0. The molecule has 3 unspecified atom stereocenters. The summed E-state index contributed by atoms with van der Waals surface area (Å²) in [5.41, 5.74) is 1.26. The van der Waals surface area contributed by atoms with Crippen molar-refractivity contribution in [3.8, 4) is 0 Å². The second-order valence-corrected chi connectivity index (χ2v) is 4.79. The van der Waals surface area contributed by atoms with E-state index in [0.717, 1.165) is 5.76 Å². The fraction of sp³-hybridized carbons (Fsp3) is 0.357. The lowest BCUT2D eigenvalue weighted by atomic mass is 9.86. The van der Waals surface area contributed by atoms with E-state index >= 15 is 0 Å². The molecule has 3 rings (SSSR count). The summed E-state index contributed by atoms with van der Waals surface area (Å²) in [5.74, 6) is 0.779. The molecule has 1 aromatic heterocycles. The number of carbonyl (C=O) groups is 1. The maximum Gasteiger partial charge on any atom is 0.314 e. The van der Waals surface area contributed by atoms with Crippen molar-refractivity contribution in [2.75, 3.05) is 0 Å². The first kappa shape index (κ1) is 10.4. The largest absolute Gasteiger partial charge is 0.430 e. The third-order valence-corrected chi connectivity index (χ3v) is 3.64. The normalized spacial score (nSPS) is 31.6. The van der Waals surface area contributed by atoms with Gasteiger partial charge in [0.15, 0.2) is 0 Å². The van der Waals surface area contributed by atoms with E-state index in [4.69, 9.17) is 4.74 Å². The van der Waals surface area contributed by atoms with Crippen LogP contribution in [0.4, 0.5) is 0 Å². The Morgan fingerprint density at radius 1 is 1.24 bits per heavy atom. The number of aromatic nitrogens is 1. The van der Waals surface area contributed by atoms with Crippen LogP contribution in [0.5, 0.6) is 0 Å². The molecule has 1 saturated heterocycles. The van der Waals surface area contributed by atoms with Gasteiger partial charge in [0.25, 0.3) is 0 Å². The molecule has 2 aliphatic rings. The summed E-state index contributed by atoms with van der Waals surface area (Å²) in [4.78, 5) is 11.5. The molecule has 0 spiro atoms. The summed E-state index contributed by atoms with van der Waals surface area (Å²) in [7, 11) is 0. The van der Waals surface area contributed by atoms with E-state index in [0.29, 0.717) is 0 Å². The van der Waals surface area contributed by atoms with Gasteiger partial charge in [-0.3, -0.25) is 4.79 Å². The van der Waals surface area contributed by atoms with Gasteiger partial charge in [-0.15, -0.1) is 0 Å². The van der Waals surface area contributed by atoms with E-state index in [-0.39, 0.29) is 23.8 Å². The van der Waals surface area contributed by atoms with E-state index in [9.17, 15) is 4.79 Å². The van der Waals surface area contributed by atoms with Crippen molar-refractivity contribution in [3.63, 3.8) is 0 Å². The molecule has 0 aromatic carbocycles. The Morgan fingerprint density at radius 2 is 1.94 bits per heavy atom. The van der Waals surface area contributed by atoms with Gasteiger partial charge in [0.05, 0.1) is 12.0 Å². The first-order valence-corrected chi connectivity index (χ1v) is 5.91. The Kier molecular flexibility index (Phi) is 2.21. The lowest BCUT2D eigenvalue weighted by Gasteiger charge is -2.23. The number of hydrogen-bond acceptors (Lipinski definition) is 2. The SMILES string of the molecule is CC1=CC2C(=CC1n1cccc1)OC(=O)C2C. The Balaban J connectivity index is 1.99. The Hall–Kier alpha value is -1.77. The molecule has 0 saturated carbocycles. The summed E-state index contributed by atoms with van der Waals surface area (Å²) in [5, 5.41) is 0. The fourth-order valence-electron chi connectivity index (χ4n) is 2.57. The predicted octanol–water partition coefficient (Wildman–Crippen LogP) is 2.68. The Labute approximate surface area is 100 Å². The van der Waals surface area contributed by atoms with Gasteiger partial charge in [0.2, 0.25) is 0 Å². The van der Waals surface area contributed by atoms with E-state index in [1.54, 1.807) is 0 Å². The summed E-state index contributed by atoms with van der Waals surface area (Å²) in [6.45, 7) is 4.03. The molecule has 3 atom stereocenters. The molecule has 1 aliphatic heterocycles. The zero-order valence-electron chi connectivity index (χ0n) is 9.96. The maximum absolute atomic E-state index is 11.5. The quantitative estimate of drug-likeness (QED) is 0.547. The number of esters is 1. The van der Waals surface area contributed by atoms with Gasteiger partial charge in [-0.25, -0.2) is 0 Å².